The highest BCUT2D eigenvalue weighted by molar-refractivity contribution is 5.08. The second kappa shape index (κ2) is 4.72. The molecule has 0 aromatic rings. The molecule has 0 heterocycles. The van der Waals surface area contributed by atoms with Gasteiger partial charge in [-0.25, -0.2) is 0 Å². The van der Waals surface area contributed by atoms with Crippen molar-refractivity contribution in [3.05, 3.63) is 0 Å². The Kier molecular flexibility index (Phi) is 3.32. The van der Waals surface area contributed by atoms with Crippen molar-refractivity contribution in [1.29, 1.82) is 0 Å². The molecule has 0 aliphatic heterocycles. The van der Waals surface area contributed by atoms with Crippen molar-refractivity contribution in [2.24, 2.45) is 34.5 Å². The quantitative estimate of drug-likeness (QED) is 0.706. The summed E-state index contributed by atoms with van der Waals surface area (Å²) in [5.41, 5.74) is 0.246. The molecule has 0 amide bonds. The van der Waals surface area contributed by atoms with E-state index in [4.69, 9.17) is 0 Å². The first-order valence-electron chi connectivity index (χ1n) is 9.61. The molecule has 1 unspecified atom stereocenters. The van der Waals surface area contributed by atoms with Crippen LogP contribution in [0.25, 0.3) is 0 Å². The van der Waals surface area contributed by atoms with Crippen molar-refractivity contribution in [2.45, 2.75) is 90.3 Å². The van der Waals surface area contributed by atoms with E-state index in [1.54, 1.807) is 0 Å². The molecule has 2 nitrogen and oxygen atoms in total. The molecule has 22 heavy (non-hydrogen) atoms. The lowest BCUT2D eigenvalue weighted by atomic mass is 9.54. The minimum atomic E-state index is -0.200. The van der Waals surface area contributed by atoms with Crippen LogP contribution in [-0.4, -0.2) is 21.9 Å². The normalized spacial score (nSPS) is 56.9. The van der Waals surface area contributed by atoms with Gasteiger partial charge in [0.1, 0.15) is 0 Å². The van der Waals surface area contributed by atoms with E-state index in [-0.39, 0.29) is 22.5 Å². The molecule has 0 aromatic heterocycles. The van der Waals surface area contributed by atoms with Gasteiger partial charge in [0, 0.05) is 0 Å². The Morgan fingerprint density at radius 2 is 1.32 bits per heavy atom. The van der Waals surface area contributed by atoms with Crippen LogP contribution in [0.5, 0.6) is 0 Å². The predicted octanol–water partition coefficient (Wildman–Crippen LogP) is 4.14. The highest BCUT2D eigenvalue weighted by atomic mass is 16.3. The summed E-state index contributed by atoms with van der Waals surface area (Å²) in [7, 11) is 0. The first kappa shape index (κ1) is 15.4. The molecular weight excluding hydrogens is 272 g/mol. The number of aliphatic hydroxyl groups excluding tert-OH is 1. The molecule has 0 aromatic carbocycles. The maximum absolute atomic E-state index is 10.1. The first-order chi connectivity index (χ1) is 10.2. The van der Waals surface area contributed by atoms with Crippen LogP contribution >= 0.6 is 0 Å². The lowest BCUT2D eigenvalue weighted by Crippen LogP contribution is -2.50. The summed E-state index contributed by atoms with van der Waals surface area (Å²) in [4.78, 5) is 0. The highest BCUT2D eigenvalue weighted by Crippen LogP contribution is 2.62. The van der Waals surface area contributed by atoms with E-state index in [0.717, 1.165) is 42.9 Å². The zero-order valence-corrected chi connectivity index (χ0v) is 14.6. The van der Waals surface area contributed by atoms with Gasteiger partial charge in [-0.2, -0.15) is 0 Å². The Morgan fingerprint density at radius 3 is 1.59 bits per heavy atom. The summed E-state index contributed by atoms with van der Waals surface area (Å²) >= 11 is 0. The molecule has 0 saturated heterocycles. The van der Waals surface area contributed by atoms with E-state index in [9.17, 15) is 10.2 Å². The van der Waals surface area contributed by atoms with Crippen LogP contribution in [0.1, 0.15) is 78.6 Å². The third-order valence-electron chi connectivity index (χ3n) is 8.20. The summed E-state index contributed by atoms with van der Waals surface area (Å²) in [6.07, 6.45) is 11.4. The summed E-state index contributed by atoms with van der Waals surface area (Å²) in [5, 5.41) is 20.1. The largest absolute Gasteiger partial charge is 0.392 e. The predicted molar refractivity (Wildman–Crippen MR) is 88.4 cm³/mol. The third-order valence-corrected chi connectivity index (χ3v) is 8.20. The van der Waals surface area contributed by atoms with Crippen LogP contribution in [0.2, 0.25) is 0 Å². The van der Waals surface area contributed by atoms with Gasteiger partial charge >= 0.3 is 0 Å². The minimum absolute atomic E-state index is 0.0613. The van der Waals surface area contributed by atoms with Crippen LogP contribution in [0, 0.1) is 34.5 Å². The molecule has 6 saturated carbocycles. The highest BCUT2D eigenvalue weighted by Gasteiger charge is 2.58. The van der Waals surface area contributed by atoms with Crippen LogP contribution < -0.4 is 0 Å². The number of hydrogen-bond donors (Lipinski definition) is 2. The van der Waals surface area contributed by atoms with Gasteiger partial charge in [0.05, 0.1) is 11.7 Å². The average Bonchev–Trinajstić information content (AvgIpc) is 2.85. The van der Waals surface area contributed by atoms with Gasteiger partial charge in [0.2, 0.25) is 0 Å². The van der Waals surface area contributed by atoms with Crippen molar-refractivity contribution >= 4 is 0 Å². The van der Waals surface area contributed by atoms with Crippen molar-refractivity contribution < 1.29 is 10.2 Å². The molecule has 3 atom stereocenters. The summed E-state index contributed by atoms with van der Waals surface area (Å²) in [6.45, 7) is 6.67. The molecule has 2 N–H and O–H groups in total. The molecule has 126 valence electrons. The average molecular weight is 306 g/mol. The number of aliphatic hydroxyl groups is 2. The maximum Gasteiger partial charge on any atom is 0.0655 e. The van der Waals surface area contributed by atoms with Gasteiger partial charge in [-0.05, 0) is 92.3 Å². The van der Waals surface area contributed by atoms with Crippen LogP contribution in [0.3, 0.4) is 0 Å². The van der Waals surface area contributed by atoms with Gasteiger partial charge in [0.25, 0.3) is 0 Å². The van der Waals surface area contributed by atoms with Crippen molar-refractivity contribution in [2.75, 3.05) is 0 Å². The molecule has 6 bridgehead atoms. The van der Waals surface area contributed by atoms with Gasteiger partial charge in [-0.3, -0.25) is 0 Å². The Hall–Kier alpha value is -0.0800. The number of fused-ring (bicyclic) bond motifs is 2. The number of hydrogen-bond acceptors (Lipinski definition) is 2. The molecular formula is C20H34O2. The summed E-state index contributed by atoms with van der Waals surface area (Å²) in [6, 6.07) is 0. The second-order valence-corrected chi connectivity index (χ2v) is 10.5. The van der Waals surface area contributed by atoms with E-state index in [1.165, 1.54) is 38.5 Å². The monoisotopic (exact) mass is 306 g/mol. The SMILES string of the molecule is CC1(C)C(O)[C@@]2(C)CC[C@@H]1C2.OC12CC3CC(CC(C3)C1)C2. The Bertz CT molecular complexity index is 415. The standard InChI is InChI=1S/C10H16O.C10H18O/c11-10-4-7-1-8(5-10)3-9(2-7)6-10;1-9(2)7-4-5-10(3,6-7)8(9)11/h7-9,11H,1-6H2;7-8,11H,4-6H2,1-3H3/t;7-,8?,10+/m.1/s1. The summed E-state index contributed by atoms with van der Waals surface area (Å²) < 4.78 is 0. The minimum Gasteiger partial charge on any atom is -0.392 e. The second-order valence-electron chi connectivity index (χ2n) is 10.5. The molecule has 6 aliphatic carbocycles. The van der Waals surface area contributed by atoms with Crippen LogP contribution in [0.15, 0.2) is 0 Å². The lowest BCUT2D eigenvalue weighted by Gasteiger charge is -2.54. The molecule has 0 spiro atoms. The van der Waals surface area contributed by atoms with E-state index >= 15 is 0 Å². The lowest BCUT2D eigenvalue weighted by molar-refractivity contribution is -0.124. The van der Waals surface area contributed by atoms with Crippen LogP contribution in [-0.2, 0) is 0 Å². The molecule has 6 fully saturated rings. The van der Waals surface area contributed by atoms with Gasteiger partial charge in [-0.15, -0.1) is 0 Å². The Labute approximate surface area is 135 Å². The smallest absolute Gasteiger partial charge is 0.0655 e. The topological polar surface area (TPSA) is 40.5 Å². The van der Waals surface area contributed by atoms with Crippen molar-refractivity contribution in [3.63, 3.8) is 0 Å². The Morgan fingerprint density at radius 1 is 0.818 bits per heavy atom. The van der Waals surface area contributed by atoms with Gasteiger partial charge in [0.15, 0.2) is 0 Å². The summed E-state index contributed by atoms with van der Waals surface area (Å²) in [5.74, 6) is 3.46. The first-order valence-corrected chi connectivity index (χ1v) is 9.61. The van der Waals surface area contributed by atoms with E-state index in [0.29, 0.717) is 0 Å². The third kappa shape index (κ3) is 2.28. The van der Waals surface area contributed by atoms with E-state index in [2.05, 4.69) is 20.8 Å². The van der Waals surface area contributed by atoms with Gasteiger partial charge in [-0.1, -0.05) is 20.8 Å². The van der Waals surface area contributed by atoms with Crippen LogP contribution in [0.4, 0.5) is 0 Å². The van der Waals surface area contributed by atoms with E-state index in [1.807, 2.05) is 0 Å². The van der Waals surface area contributed by atoms with Crippen molar-refractivity contribution in [3.8, 4) is 0 Å². The van der Waals surface area contributed by atoms with Gasteiger partial charge < -0.3 is 10.2 Å². The fourth-order valence-electron chi connectivity index (χ4n) is 7.34. The molecule has 0 radical (unpaired) electrons. The fraction of sp³-hybridized carbons (Fsp3) is 1.00. The van der Waals surface area contributed by atoms with E-state index < -0.39 is 0 Å². The Balaban J connectivity index is 0.000000114. The number of rotatable bonds is 0. The molecule has 6 aliphatic rings. The zero-order chi connectivity index (χ0) is 15.8. The molecule has 6 rings (SSSR count). The zero-order valence-electron chi connectivity index (χ0n) is 14.6. The fourth-order valence-corrected chi connectivity index (χ4v) is 7.34. The maximum atomic E-state index is 10.1. The molecule has 2 heteroatoms. The van der Waals surface area contributed by atoms with Crippen molar-refractivity contribution in [1.82, 2.24) is 0 Å².